The quantitative estimate of drug-likeness (QED) is 0.101. The fraction of sp³-hybridized carbons (Fsp3) is 0.0357. The van der Waals surface area contributed by atoms with Gasteiger partial charge in [0, 0.05) is 6.07 Å². The second-order valence-corrected chi connectivity index (χ2v) is 10.1. The summed E-state index contributed by atoms with van der Waals surface area (Å²) in [6, 6.07) is 27.3. The summed E-state index contributed by atoms with van der Waals surface area (Å²) in [5.41, 5.74) is 2.44. The van der Waals surface area contributed by atoms with E-state index in [2.05, 4.69) is 10.5 Å². The van der Waals surface area contributed by atoms with Gasteiger partial charge in [0.2, 0.25) is 0 Å². The fourth-order valence-corrected chi connectivity index (χ4v) is 5.01. The lowest BCUT2D eigenvalue weighted by atomic mass is 10.2. The first-order valence-electron chi connectivity index (χ1n) is 11.8. The third-order valence-corrected chi connectivity index (χ3v) is 7.24. The number of rotatable bonds is 10. The van der Waals surface area contributed by atoms with Crippen LogP contribution in [0.3, 0.4) is 0 Å². The Bertz CT molecular complexity index is 1640. The maximum Gasteiger partial charge on any atom is 0.343 e. The van der Waals surface area contributed by atoms with Gasteiger partial charge in [-0.2, -0.15) is 5.10 Å². The third kappa shape index (κ3) is 6.74. The molecular weight excluding hydrogens is 536 g/mol. The molecule has 0 atom stereocenters. The van der Waals surface area contributed by atoms with Gasteiger partial charge in [-0.15, -0.1) is 0 Å². The van der Waals surface area contributed by atoms with Gasteiger partial charge in [0.1, 0.15) is 18.0 Å². The molecule has 0 spiro atoms. The Morgan fingerprint density at radius 3 is 2.12 bits per heavy atom. The van der Waals surface area contributed by atoms with Crippen LogP contribution in [0.2, 0.25) is 0 Å². The molecule has 0 bridgehead atoms. The standard InChI is InChI=1S/C28H22N4O7S/c33-27(30-29-19-21-15-17-23(18-16-21)39-28(34)22-9-3-1-4-10-22)20-31(25-13-7-8-14-26(25)32(35)36)40(37,38)24-11-5-2-6-12-24/h1-19H,20H2,(H,30,33)/b29-19-. The number of nitrogens with one attached hydrogen (secondary N) is 1. The summed E-state index contributed by atoms with van der Waals surface area (Å²) in [5, 5.41) is 15.4. The zero-order valence-corrected chi connectivity index (χ0v) is 21.6. The van der Waals surface area contributed by atoms with E-state index in [1.54, 1.807) is 60.7 Å². The molecule has 0 saturated heterocycles. The first-order chi connectivity index (χ1) is 19.3. The molecule has 0 fully saturated rings. The zero-order chi connectivity index (χ0) is 28.5. The molecule has 0 aliphatic rings. The van der Waals surface area contributed by atoms with Crippen molar-refractivity contribution in [1.82, 2.24) is 5.43 Å². The molecule has 0 radical (unpaired) electrons. The van der Waals surface area contributed by atoms with Gasteiger partial charge in [-0.25, -0.2) is 22.9 Å². The van der Waals surface area contributed by atoms with E-state index in [0.717, 1.165) is 6.07 Å². The molecule has 0 aromatic heterocycles. The lowest BCUT2D eigenvalue weighted by Gasteiger charge is -2.23. The number of sulfonamides is 1. The number of esters is 1. The van der Waals surface area contributed by atoms with E-state index in [-0.39, 0.29) is 10.6 Å². The highest BCUT2D eigenvalue weighted by molar-refractivity contribution is 7.92. The van der Waals surface area contributed by atoms with Gasteiger partial charge < -0.3 is 4.74 Å². The molecule has 202 valence electrons. The number of hydrogen-bond acceptors (Lipinski definition) is 8. The number of hydrazone groups is 1. The Kier molecular flexibility index (Phi) is 8.62. The van der Waals surface area contributed by atoms with Gasteiger partial charge >= 0.3 is 5.97 Å². The van der Waals surface area contributed by atoms with Gasteiger partial charge in [-0.05, 0) is 60.2 Å². The minimum atomic E-state index is -4.34. The number of nitrogens with zero attached hydrogens (tertiary/aromatic N) is 3. The summed E-state index contributed by atoms with van der Waals surface area (Å²) >= 11 is 0. The normalized spacial score (nSPS) is 11.1. The first kappa shape index (κ1) is 27.7. The molecule has 12 heteroatoms. The number of para-hydroxylation sites is 2. The second kappa shape index (κ2) is 12.5. The largest absolute Gasteiger partial charge is 0.423 e. The van der Waals surface area contributed by atoms with Crippen LogP contribution in [0.1, 0.15) is 15.9 Å². The lowest BCUT2D eigenvalue weighted by molar-refractivity contribution is -0.384. The lowest BCUT2D eigenvalue weighted by Crippen LogP contribution is -2.39. The molecule has 4 aromatic carbocycles. The van der Waals surface area contributed by atoms with Crippen molar-refractivity contribution in [3.05, 3.63) is 130 Å². The number of hydrogen-bond donors (Lipinski definition) is 1. The number of carbonyl (C=O) groups excluding carboxylic acids is 2. The summed E-state index contributed by atoms with van der Waals surface area (Å²) in [7, 11) is -4.34. The summed E-state index contributed by atoms with van der Waals surface area (Å²) in [6.07, 6.45) is 1.31. The summed E-state index contributed by atoms with van der Waals surface area (Å²) < 4.78 is 32.8. The van der Waals surface area contributed by atoms with E-state index in [1.165, 1.54) is 48.7 Å². The fourth-order valence-electron chi connectivity index (χ4n) is 3.56. The summed E-state index contributed by atoms with van der Waals surface area (Å²) in [5.74, 6) is -1.04. The number of carbonyl (C=O) groups is 2. The molecule has 0 unspecified atom stereocenters. The average Bonchev–Trinajstić information content (AvgIpc) is 2.97. The summed E-state index contributed by atoms with van der Waals surface area (Å²) in [6.45, 7) is -0.770. The number of ether oxygens (including phenoxy) is 1. The Labute approximate surface area is 229 Å². The van der Waals surface area contributed by atoms with E-state index >= 15 is 0 Å². The Balaban J connectivity index is 1.46. The average molecular weight is 559 g/mol. The number of benzene rings is 4. The van der Waals surface area contributed by atoms with Gasteiger partial charge in [-0.3, -0.25) is 14.9 Å². The van der Waals surface area contributed by atoms with Crippen molar-refractivity contribution in [3.63, 3.8) is 0 Å². The highest BCUT2D eigenvalue weighted by Gasteiger charge is 2.31. The molecule has 11 nitrogen and oxygen atoms in total. The number of nitro benzene ring substituents is 1. The Hall–Kier alpha value is -5.36. The SMILES string of the molecule is O=C(CN(c1ccccc1[N+](=O)[O-])S(=O)(=O)c1ccccc1)N/N=C\c1ccc(OC(=O)c2ccccc2)cc1. The van der Waals surface area contributed by atoms with Crippen molar-refractivity contribution < 1.29 is 27.7 Å². The smallest absolute Gasteiger partial charge is 0.343 e. The van der Waals surface area contributed by atoms with E-state index in [4.69, 9.17) is 4.74 Å². The van der Waals surface area contributed by atoms with Crippen LogP contribution in [-0.4, -0.2) is 38.0 Å². The maximum atomic E-state index is 13.4. The van der Waals surface area contributed by atoms with Gasteiger partial charge in [0.25, 0.3) is 21.6 Å². The Morgan fingerprint density at radius 1 is 0.875 bits per heavy atom. The third-order valence-electron chi connectivity index (χ3n) is 5.47. The van der Waals surface area contributed by atoms with Crippen molar-refractivity contribution in [2.75, 3.05) is 10.8 Å². The van der Waals surface area contributed by atoms with Gasteiger partial charge in [0.05, 0.1) is 21.6 Å². The highest BCUT2D eigenvalue weighted by Crippen LogP contribution is 2.31. The molecule has 0 aliphatic carbocycles. The van der Waals surface area contributed by atoms with E-state index in [0.29, 0.717) is 21.2 Å². The van der Waals surface area contributed by atoms with Crippen LogP contribution in [0.4, 0.5) is 11.4 Å². The second-order valence-electron chi connectivity index (χ2n) is 8.19. The van der Waals surface area contributed by atoms with E-state index < -0.39 is 39.1 Å². The van der Waals surface area contributed by atoms with E-state index in [1.807, 2.05) is 0 Å². The molecular formula is C28H22N4O7S. The van der Waals surface area contributed by atoms with Crippen LogP contribution in [-0.2, 0) is 14.8 Å². The van der Waals surface area contributed by atoms with Crippen molar-refractivity contribution >= 4 is 39.5 Å². The van der Waals surface area contributed by atoms with Crippen molar-refractivity contribution in [3.8, 4) is 5.75 Å². The van der Waals surface area contributed by atoms with Crippen molar-refractivity contribution in [2.24, 2.45) is 5.10 Å². The maximum absolute atomic E-state index is 13.4. The monoisotopic (exact) mass is 558 g/mol. The molecule has 1 amide bonds. The van der Waals surface area contributed by atoms with Gasteiger partial charge in [0.15, 0.2) is 0 Å². The number of nitro groups is 1. The molecule has 40 heavy (non-hydrogen) atoms. The zero-order valence-electron chi connectivity index (χ0n) is 20.8. The van der Waals surface area contributed by atoms with Crippen LogP contribution in [0.5, 0.6) is 5.75 Å². The predicted octanol–water partition coefficient (Wildman–Crippen LogP) is 4.16. The van der Waals surface area contributed by atoms with Crippen molar-refractivity contribution in [1.29, 1.82) is 0 Å². The van der Waals surface area contributed by atoms with Crippen LogP contribution >= 0.6 is 0 Å². The summed E-state index contributed by atoms with van der Waals surface area (Å²) in [4.78, 5) is 35.6. The molecule has 1 N–H and O–H groups in total. The van der Waals surface area contributed by atoms with Crippen LogP contribution < -0.4 is 14.5 Å². The van der Waals surface area contributed by atoms with Crippen LogP contribution in [0.25, 0.3) is 0 Å². The number of anilines is 1. The van der Waals surface area contributed by atoms with Crippen LogP contribution in [0, 0.1) is 10.1 Å². The molecule has 4 rings (SSSR count). The van der Waals surface area contributed by atoms with Crippen LogP contribution in [0.15, 0.2) is 119 Å². The van der Waals surface area contributed by atoms with Crippen molar-refractivity contribution in [2.45, 2.75) is 4.90 Å². The minimum Gasteiger partial charge on any atom is -0.423 e. The van der Waals surface area contributed by atoms with Gasteiger partial charge in [-0.1, -0.05) is 48.5 Å². The van der Waals surface area contributed by atoms with E-state index in [9.17, 15) is 28.1 Å². The molecule has 4 aromatic rings. The molecule has 0 aliphatic heterocycles. The minimum absolute atomic E-state index is 0.141. The Morgan fingerprint density at radius 2 is 1.48 bits per heavy atom. The molecule has 0 saturated carbocycles. The first-order valence-corrected chi connectivity index (χ1v) is 13.2. The topological polar surface area (TPSA) is 148 Å². The predicted molar refractivity (Wildman–Crippen MR) is 148 cm³/mol. The molecule has 0 heterocycles. The highest BCUT2D eigenvalue weighted by atomic mass is 32.2. The number of amides is 1.